The molecule has 6 heteroatoms. The molecule has 0 saturated heterocycles. The van der Waals surface area contributed by atoms with Gasteiger partial charge in [0, 0.05) is 36.4 Å². The summed E-state index contributed by atoms with van der Waals surface area (Å²) in [6.07, 6.45) is 10.7. The fourth-order valence-corrected chi connectivity index (χ4v) is 3.42. The highest BCUT2D eigenvalue weighted by Crippen LogP contribution is 2.37. The second kappa shape index (κ2) is 4.84. The number of aromatic nitrogens is 5. The molecular weight excluding hydrogens is 286 g/mol. The lowest BCUT2D eigenvalue weighted by atomic mass is 10.2. The summed E-state index contributed by atoms with van der Waals surface area (Å²) in [5, 5.41) is 5.63. The van der Waals surface area contributed by atoms with Crippen molar-refractivity contribution in [1.82, 2.24) is 24.3 Å². The van der Waals surface area contributed by atoms with Crippen molar-refractivity contribution in [2.24, 2.45) is 7.05 Å². The Morgan fingerprint density at radius 2 is 2.05 bits per heavy atom. The second-order valence-electron chi connectivity index (χ2n) is 5.66. The minimum atomic E-state index is 0.303. The summed E-state index contributed by atoms with van der Waals surface area (Å²) in [7, 11) is 1.93. The summed E-state index contributed by atoms with van der Waals surface area (Å²) in [4.78, 5) is 8.57. The zero-order valence-electron chi connectivity index (χ0n) is 11.8. The van der Waals surface area contributed by atoms with Gasteiger partial charge in [-0.2, -0.15) is 10.1 Å². The van der Waals surface area contributed by atoms with E-state index in [1.54, 1.807) is 6.20 Å². The van der Waals surface area contributed by atoms with Crippen LogP contribution in [0.5, 0.6) is 0 Å². The van der Waals surface area contributed by atoms with Crippen molar-refractivity contribution in [1.29, 1.82) is 0 Å². The van der Waals surface area contributed by atoms with Gasteiger partial charge in [-0.3, -0.25) is 4.68 Å². The minimum absolute atomic E-state index is 0.303. The van der Waals surface area contributed by atoms with Gasteiger partial charge in [0.1, 0.15) is 5.65 Å². The van der Waals surface area contributed by atoms with E-state index in [4.69, 9.17) is 11.6 Å². The van der Waals surface area contributed by atoms with Crippen molar-refractivity contribution in [2.75, 3.05) is 0 Å². The van der Waals surface area contributed by atoms with Crippen molar-refractivity contribution < 1.29 is 0 Å². The molecule has 3 aromatic rings. The Balaban J connectivity index is 1.98. The molecule has 4 rings (SSSR count). The molecular formula is C15H16ClN5. The largest absolute Gasteiger partial charge is 0.322 e. The highest BCUT2D eigenvalue weighted by atomic mass is 35.5. The molecule has 0 aliphatic heterocycles. The Kier molecular flexibility index (Phi) is 2.96. The molecule has 21 heavy (non-hydrogen) atoms. The summed E-state index contributed by atoms with van der Waals surface area (Å²) in [6.45, 7) is 0. The molecule has 0 amide bonds. The normalized spacial score (nSPS) is 16.1. The number of halogens is 1. The van der Waals surface area contributed by atoms with Crippen molar-refractivity contribution in [3.05, 3.63) is 29.9 Å². The van der Waals surface area contributed by atoms with Gasteiger partial charge >= 0.3 is 0 Å². The van der Waals surface area contributed by atoms with Crippen LogP contribution in [0.25, 0.3) is 22.3 Å². The van der Waals surface area contributed by atoms with Crippen LogP contribution in [-0.2, 0) is 7.05 Å². The molecule has 0 atom stereocenters. The van der Waals surface area contributed by atoms with E-state index in [9.17, 15) is 0 Å². The van der Waals surface area contributed by atoms with Crippen molar-refractivity contribution in [3.63, 3.8) is 0 Å². The fraction of sp³-hybridized carbons (Fsp3) is 0.400. The van der Waals surface area contributed by atoms with Gasteiger partial charge < -0.3 is 4.57 Å². The first kappa shape index (κ1) is 12.8. The fourth-order valence-electron chi connectivity index (χ4n) is 3.30. The van der Waals surface area contributed by atoms with Crippen LogP contribution in [0.1, 0.15) is 31.7 Å². The van der Waals surface area contributed by atoms with Gasteiger partial charge in [0.15, 0.2) is 0 Å². The Morgan fingerprint density at radius 1 is 1.24 bits per heavy atom. The van der Waals surface area contributed by atoms with Crippen LogP contribution in [0, 0.1) is 0 Å². The molecule has 0 bridgehead atoms. The van der Waals surface area contributed by atoms with Crippen LogP contribution in [-0.4, -0.2) is 24.3 Å². The quantitative estimate of drug-likeness (QED) is 0.680. The summed E-state index contributed by atoms with van der Waals surface area (Å²) in [5.74, 6) is 0. The Hall–Kier alpha value is -1.88. The molecule has 0 spiro atoms. The number of hydrogen-bond acceptors (Lipinski definition) is 3. The Bertz CT molecular complexity index is 798. The van der Waals surface area contributed by atoms with Gasteiger partial charge in [0.05, 0.1) is 11.9 Å². The van der Waals surface area contributed by atoms with Crippen LogP contribution in [0.2, 0.25) is 5.28 Å². The minimum Gasteiger partial charge on any atom is -0.322 e. The third-order valence-electron chi connectivity index (χ3n) is 4.24. The van der Waals surface area contributed by atoms with Crippen LogP contribution in [0.3, 0.4) is 0 Å². The van der Waals surface area contributed by atoms with E-state index in [0.29, 0.717) is 11.3 Å². The second-order valence-corrected chi connectivity index (χ2v) is 6.00. The molecule has 1 saturated carbocycles. The first-order valence-electron chi connectivity index (χ1n) is 7.25. The lowest BCUT2D eigenvalue weighted by Gasteiger charge is -2.16. The number of fused-ring (bicyclic) bond motifs is 1. The molecule has 0 radical (unpaired) electrons. The molecule has 0 unspecified atom stereocenters. The molecule has 5 nitrogen and oxygen atoms in total. The average molecular weight is 302 g/mol. The maximum absolute atomic E-state index is 6.00. The van der Waals surface area contributed by atoms with Crippen LogP contribution in [0.15, 0.2) is 24.7 Å². The van der Waals surface area contributed by atoms with Crippen LogP contribution < -0.4 is 0 Å². The predicted octanol–water partition coefficient (Wildman–Crippen LogP) is 3.60. The lowest BCUT2D eigenvalue weighted by Crippen LogP contribution is -2.07. The van der Waals surface area contributed by atoms with Gasteiger partial charge in [-0.05, 0) is 30.5 Å². The van der Waals surface area contributed by atoms with Crippen molar-refractivity contribution in [3.8, 4) is 11.3 Å². The van der Waals surface area contributed by atoms with E-state index in [1.807, 2.05) is 24.1 Å². The van der Waals surface area contributed by atoms with E-state index in [2.05, 4.69) is 25.7 Å². The van der Waals surface area contributed by atoms with Crippen molar-refractivity contribution >= 4 is 22.6 Å². The Morgan fingerprint density at radius 3 is 2.76 bits per heavy atom. The smallest absolute Gasteiger partial charge is 0.224 e. The van der Waals surface area contributed by atoms with Gasteiger partial charge in [0.25, 0.3) is 0 Å². The molecule has 1 fully saturated rings. The number of aryl methyl sites for hydroxylation is 1. The summed E-state index contributed by atoms with van der Waals surface area (Å²) in [6, 6.07) is 2.63. The third kappa shape index (κ3) is 2.12. The first-order chi connectivity index (χ1) is 10.2. The van der Waals surface area contributed by atoms with Gasteiger partial charge in [-0.15, -0.1) is 0 Å². The zero-order valence-corrected chi connectivity index (χ0v) is 12.6. The molecule has 1 aliphatic rings. The molecule has 108 valence electrons. The highest BCUT2D eigenvalue weighted by molar-refractivity contribution is 6.28. The third-order valence-corrected chi connectivity index (χ3v) is 4.42. The van der Waals surface area contributed by atoms with Crippen LogP contribution in [0.4, 0.5) is 0 Å². The number of nitrogens with zero attached hydrogens (tertiary/aromatic N) is 5. The zero-order chi connectivity index (χ0) is 14.4. The van der Waals surface area contributed by atoms with Gasteiger partial charge in [-0.1, -0.05) is 12.8 Å². The molecule has 1 aliphatic carbocycles. The average Bonchev–Trinajstić information content (AvgIpc) is 3.15. The monoisotopic (exact) mass is 301 g/mol. The number of hydrogen-bond donors (Lipinski definition) is 0. The van der Waals surface area contributed by atoms with Gasteiger partial charge in [0.2, 0.25) is 5.28 Å². The maximum Gasteiger partial charge on any atom is 0.224 e. The van der Waals surface area contributed by atoms with Crippen LogP contribution >= 0.6 is 11.6 Å². The topological polar surface area (TPSA) is 48.5 Å². The predicted molar refractivity (Wildman–Crippen MR) is 82.2 cm³/mol. The van der Waals surface area contributed by atoms with E-state index in [-0.39, 0.29) is 0 Å². The summed E-state index contributed by atoms with van der Waals surface area (Å²) < 4.78 is 4.15. The SMILES string of the molecule is Cn1cc(-c2cc3cnc(Cl)nc3n2C2CCCC2)cn1. The lowest BCUT2D eigenvalue weighted by molar-refractivity contribution is 0.537. The number of rotatable bonds is 2. The molecule has 0 aromatic carbocycles. The summed E-state index contributed by atoms with van der Waals surface area (Å²) in [5.41, 5.74) is 3.20. The van der Waals surface area contributed by atoms with Gasteiger partial charge in [-0.25, -0.2) is 4.98 Å². The van der Waals surface area contributed by atoms with E-state index in [0.717, 1.165) is 22.3 Å². The molecule has 3 aromatic heterocycles. The van der Waals surface area contributed by atoms with Crippen molar-refractivity contribution in [2.45, 2.75) is 31.7 Å². The molecule has 0 N–H and O–H groups in total. The standard InChI is InChI=1S/C15H16ClN5/c1-20-9-11(8-18-20)13-6-10-7-17-15(16)19-14(10)21(13)12-4-2-3-5-12/h6-9,12H,2-5H2,1H3. The van der Waals surface area contributed by atoms with E-state index < -0.39 is 0 Å². The van der Waals surface area contributed by atoms with E-state index >= 15 is 0 Å². The highest BCUT2D eigenvalue weighted by Gasteiger charge is 2.23. The molecule has 3 heterocycles. The Labute approximate surface area is 127 Å². The first-order valence-corrected chi connectivity index (χ1v) is 7.62. The van der Waals surface area contributed by atoms with E-state index in [1.165, 1.54) is 25.7 Å². The summed E-state index contributed by atoms with van der Waals surface area (Å²) >= 11 is 6.00. The maximum atomic E-state index is 6.00.